The molecule has 3 aliphatic carbocycles. The number of nitrogens with zero attached hydrogens (tertiary/aromatic N) is 6. The van der Waals surface area contributed by atoms with Crippen LogP contribution >= 0.6 is 0 Å². The standard InChI is InChI=1S/C106H65N7O2/c1-2-23-65(24-3-1)99-108-100(111-103(110-99)83-35-21-43-92-97(83)114-94-45-18-16-41-90(94)105(92)86-37-12-8-31-78(86)79-32-9-13-38-87(79)105)67-53-49-64(50-54-67)72-58-57-71(82-59-60-107-96(72)82)69-25-20-26-70(61-69)102-109-101(66-51-47-63(48-52-66)68-55-56-77-75-29-5-4-27-73(75)74-28-6-7-30-76(74)85(77)62-68)112-104(113-102)84-36-22-44-93-98(84)115-95-46-19-17-42-91(95)106(93)88-39-14-10-33-80(88)81-34-11-15-40-89(81)106/h1-54,56-62,68,107H,55H2. The number of hydrogen-bond acceptors (Lipinski definition) is 8. The fourth-order valence-electron chi connectivity index (χ4n) is 19.7. The maximum atomic E-state index is 7.28. The Morgan fingerprint density at radius 1 is 0.261 bits per heavy atom. The molecule has 115 heavy (non-hydrogen) atoms. The number of rotatable bonds is 9. The van der Waals surface area contributed by atoms with Gasteiger partial charge in [-0.15, -0.1) is 0 Å². The van der Waals surface area contributed by atoms with E-state index in [9.17, 15) is 0 Å². The lowest BCUT2D eigenvalue weighted by molar-refractivity contribution is 0.437. The smallest absolute Gasteiger partial charge is 0.167 e. The van der Waals surface area contributed by atoms with Gasteiger partial charge in [-0.25, -0.2) is 29.9 Å². The molecule has 16 aromatic carbocycles. The summed E-state index contributed by atoms with van der Waals surface area (Å²) >= 11 is 0. The van der Waals surface area contributed by atoms with Crippen molar-refractivity contribution in [3.8, 4) is 136 Å². The van der Waals surface area contributed by atoms with Crippen LogP contribution in [0.25, 0.3) is 157 Å². The Morgan fingerprint density at radius 2 is 0.643 bits per heavy atom. The van der Waals surface area contributed by atoms with Gasteiger partial charge >= 0.3 is 0 Å². The van der Waals surface area contributed by atoms with Crippen LogP contribution in [0.1, 0.15) is 62.4 Å². The molecular weight excluding hydrogens is 1400 g/mol. The maximum absolute atomic E-state index is 7.28. The zero-order valence-corrected chi connectivity index (χ0v) is 62.0. The first-order chi connectivity index (χ1) is 57.0. The van der Waals surface area contributed by atoms with E-state index in [1.165, 1.54) is 82.1 Å². The van der Waals surface area contributed by atoms with Crippen LogP contribution in [0.15, 0.2) is 358 Å². The quantitative estimate of drug-likeness (QED) is 0.142. The molecule has 2 aliphatic heterocycles. The highest BCUT2D eigenvalue weighted by Gasteiger charge is 2.53. The monoisotopic (exact) mass is 1470 g/mol. The highest BCUT2D eigenvalue weighted by atomic mass is 16.5. The number of hydrogen-bond donors (Lipinski definition) is 1. The summed E-state index contributed by atoms with van der Waals surface area (Å²) in [5.41, 5.74) is 24.0. The first kappa shape index (κ1) is 64.7. The summed E-state index contributed by atoms with van der Waals surface area (Å²) in [6.45, 7) is 0. The minimum Gasteiger partial charge on any atom is -0.456 e. The Labute approximate surface area is 662 Å². The number of nitrogens with one attached hydrogen (secondary N) is 1. The maximum Gasteiger partial charge on any atom is 0.167 e. The minimum atomic E-state index is -0.683. The second-order valence-corrected chi connectivity index (χ2v) is 30.6. The van der Waals surface area contributed by atoms with Crippen LogP contribution < -0.4 is 19.9 Å². The molecule has 1 N–H and O–H groups in total. The zero-order chi connectivity index (χ0) is 75.5. The highest BCUT2D eigenvalue weighted by molar-refractivity contribution is 6.09. The molecule has 1 unspecified atom stereocenters. The van der Waals surface area contributed by atoms with Gasteiger partial charge in [0, 0.05) is 67.6 Å². The van der Waals surface area contributed by atoms with Crippen molar-refractivity contribution in [1.82, 2.24) is 34.9 Å². The number of H-pyrrole nitrogens is 1. The molecule has 5 aliphatic rings. The van der Waals surface area contributed by atoms with Gasteiger partial charge in [-0.05, 0) is 142 Å². The first-order valence-corrected chi connectivity index (χ1v) is 39.3. The SMILES string of the molecule is C1=c2c(c3ccccc3c3ccccc23)=CC(c2ccc(-c3nc(-c4cccc(-c5ccc(-c6ccc(-c7nc(-c8ccccc8)nc(-c8cccc9c8Oc8ccccc8C98c9ccccc9-c9ccccc98)n7)cc6)c6[nH]ccc56)c4)nc(-c4cccc5c4Oc4ccccc4C54c5ccccc5-c5ccccc54)n3)cc2)C1. The molecule has 19 aromatic rings. The molecule has 2 spiro atoms. The molecule has 0 radical (unpaired) electrons. The molecule has 1 atom stereocenters. The third-order valence-corrected chi connectivity index (χ3v) is 24.7. The molecule has 0 amide bonds. The van der Waals surface area contributed by atoms with Gasteiger partial charge in [-0.3, -0.25) is 0 Å². The average molecular weight is 1470 g/mol. The lowest BCUT2D eigenvalue weighted by atomic mass is 9.66. The van der Waals surface area contributed by atoms with Gasteiger partial charge in [-0.2, -0.15) is 0 Å². The summed E-state index contributed by atoms with van der Waals surface area (Å²) in [6.07, 6.45) is 7.83. The predicted octanol–water partition coefficient (Wildman–Crippen LogP) is 23.9. The Hall–Kier alpha value is -15.1. The largest absolute Gasteiger partial charge is 0.456 e. The van der Waals surface area contributed by atoms with Gasteiger partial charge in [0.15, 0.2) is 34.9 Å². The normalized spacial score (nSPS) is 14.4. The van der Waals surface area contributed by atoms with E-state index in [2.05, 4.69) is 333 Å². The number of para-hydroxylation sites is 4. The second-order valence-electron chi connectivity index (χ2n) is 30.6. The molecule has 9 heteroatoms. The van der Waals surface area contributed by atoms with Crippen molar-refractivity contribution in [2.24, 2.45) is 0 Å². The van der Waals surface area contributed by atoms with Crippen molar-refractivity contribution in [3.05, 3.63) is 419 Å². The summed E-state index contributed by atoms with van der Waals surface area (Å²) in [7, 11) is 0. The van der Waals surface area contributed by atoms with Crippen molar-refractivity contribution in [2.75, 3.05) is 0 Å². The van der Waals surface area contributed by atoms with E-state index >= 15 is 0 Å². The van der Waals surface area contributed by atoms with Gasteiger partial charge in [-0.1, -0.05) is 328 Å². The third kappa shape index (κ3) is 9.62. The fraction of sp³-hybridized carbons (Fsp3) is 0.0377. The first-order valence-electron chi connectivity index (χ1n) is 39.3. The third-order valence-electron chi connectivity index (χ3n) is 24.7. The van der Waals surface area contributed by atoms with E-state index in [0.29, 0.717) is 40.7 Å². The topological polar surface area (TPSA) is 112 Å². The van der Waals surface area contributed by atoms with E-state index < -0.39 is 10.8 Å². The highest BCUT2D eigenvalue weighted by Crippen LogP contribution is 2.65. The summed E-state index contributed by atoms with van der Waals surface area (Å²) < 4.78 is 14.4. The minimum absolute atomic E-state index is 0.165. The van der Waals surface area contributed by atoms with E-state index in [0.717, 1.165) is 112 Å². The molecule has 0 fully saturated rings. The molecule has 3 aromatic heterocycles. The van der Waals surface area contributed by atoms with E-state index in [4.69, 9.17) is 39.4 Å². The zero-order valence-electron chi connectivity index (χ0n) is 62.0. The molecular formula is C106H65N7O2. The summed E-state index contributed by atoms with van der Waals surface area (Å²) in [5, 5.41) is 8.80. The lowest BCUT2D eigenvalue weighted by Gasteiger charge is -2.39. The van der Waals surface area contributed by atoms with Crippen molar-refractivity contribution in [3.63, 3.8) is 0 Å². The average Bonchev–Trinajstić information content (AvgIpc) is 1.59. The number of aromatic nitrogens is 7. The summed E-state index contributed by atoms with van der Waals surface area (Å²) in [4.78, 5) is 36.1. The van der Waals surface area contributed by atoms with Crippen LogP contribution in [-0.4, -0.2) is 34.9 Å². The van der Waals surface area contributed by atoms with E-state index in [-0.39, 0.29) is 5.92 Å². The van der Waals surface area contributed by atoms with Gasteiger partial charge in [0.25, 0.3) is 0 Å². The Morgan fingerprint density at radius 3 is 1.18 bits per heavy atom. The van der Waals surface area contributed by atoms with Crippen LogP contribution in [0.5, 0.6) is 23.0 Å². The Balaban J connectivity index is 0.603. The van der Waals surface area contributed by atoms with Crippen molar-refractivity contribution < 1.29 is 9.47 Å². The molecule has 0 saturated heterocycles. The number of benzene rings is 16. The Bertz CT molecular complexity index is 7380. The lowest BCUT2D eigenvalue weighted by Crippen LogP contribution is -2.32. The van der Waals surface area contributed by atoms with Gasteiger partial charge in [0.2, 0.25) is 0 Å². The fourth-order valence-corrected chi connectivity index (χ4v) is 19.7. The Kier molecular flexibility index (Phi) is 14.2. The number of fused-ring (bicyclic) bond motifs is 25. The molecule has 536 valence electrons. The van der Waals surface area contributed by atoms with Crippen LogP contribution in [0, 0.1) is 0 Å². The molecule has 9 nitrogen and oxygen atoms in total. The van der Waals surface area contributed by atoms with Crippen LogP contribution in [-0.2, 0) is 10.8 Å². The van der Waals surface area contributed by atoms with Crippen molar-refractivity contribution in [1.29, 1.82) is 0 Å². The number of ether oxygens (including phenoxy) is 2. The van der Waals surface area contributed by atoms with E-state index in [1.807, 2.05) is 42.6 Å². The van der Waals surface area contributed by atoms with Gasteiger partial charge < -0.3 is 14.5 Å². The second kappa shape index (κ2) is 25.2. The van der Waals surface area contributed by atoms with Crippen LogP contribution in [0.4, 0.5) is 0 Å². The molecule has 24 rings (SSSR count). The summed E-state index contributed by atoms with van der Waals surface area (Å²) in [5.74, 6) is 6.42. The van der Waals surface area contributed by atoms with Crippen LogP contribution in [0.2, 0.25) is 0 Å². The number of aromatic amines is 1. The summed E-state index contributed by atoms with van der Waals surface area (Å²) in [6, 6.07) is 126. The van der Waals surface area contributed by atoms with Gasteiger partial charge in [0.05, 0.1) is 27.5 Å². The molecule has 0 bridgehead atoms. The molecule has 5 heterocycles. The van der Waals surface area contributed by atoms with Crippen molar-refractivity contribution in [2.45, 2.75) is 23.2 Å². The van der Waals surface area contributed by atoms with Crippen LogP contribution in [0.3, 0.4) is 0 Å². The van der Waals surface area contributed by atoms with Crippen molar-refractivity contribution >= 4 is 44.6 Å². The molecule has 0 saturated carbocycles. The van der Waals surface area contributed by atoms with Gasteiger partial charge in [0.1, 0.15) is 23.0 Å². The van der Waals surface area contributed by atoms with E-state index in [1.54, 1.807) is 0 Å². The predicted molar refractivity (Wildman–Crippen MR) is 460 cm³/mol.